The van der Waals surface area contributed by atoms with Crippen molar-refractivity contribution in [3.05, 3.63) is 0 Å². The number of aliphatic hydroxyl groups excluding tert-OH is 3. The molecule has 0 aromatic carbocycles. The summed E-state index contributed by atoms with van der Waals surface area (Å²) in [7, 11) is 0. The monoisotopic (exact) mass is 476 g/mol. The van der Waals surface area contributed by atoms with Crippen LogP contribution in [-0.4, -0.2) is 44.8 Å². The molecule has 0 radical (unpaired) electrons. The summed E-state index contributed by atoms with van der Waals surface area (Å²) in [5.41, 5.74) is -0.739. The van der Waals surface area contributed by atoms with E-state index in [0.717, 1.165) is 51.4 Å². The molecule has 4 aliphatic carbocycles. The quantitative estimate of drug-likeness (QED) is 0.453. The maximum Gasteiger partial charge on any atom is 0.0693 e. The molecule has 0 amide bonds. The highest BCUT2D eigenvalue weighted by molar-refractivity contribution is 5.21. The van der Waals surface area contributed by atoms with E-state index in [4.69, 9.17) is 4.74 Å². The molecular weight excluding hydrogens is 424 g/mol. The molecule has 5 rings (SSSR count). The average Bonchev–Trinajstić information content (AvgIpc) is 3.07. The Hall–Kier alpha value is -0.160. The highest BCUT2D eigenvalue weighted by atomic mass is 16.5. The van der Waals surface area contributed by atoms with Gasteiger partial charge in [0.05, 0.1) is 29.5 Å². The van der Waals surface area contributed by atoms with Gasteiger partial charge in [0.25, 0.3) is 0 Å². The van der Waals surface area contributed by atoms with Crippen molar-refractivity contribution in [2.45, 2.75) is 143 Å². The molecule has 7 unspecified atom stereocenters. The lowest BCUT2D eigenvalue weighted by molar-refractivity contribution is -0.279. The molecule has 1 aliphatic heterocycles. The summed E-state index contributed by atoms with van der Waals surface area (Å²) < 4.78 is 6.83. The number of aliphatic hydroxyl groups is 3. The summed E-state index contributed by atoms with van der Waals surface area (Å²) in [5.74, 6) is 0.984. The molecule has 1 saturated heterocycles. The molecule has 1 heterocycles. The largest absolute Gasteiger partial charge is 0.393 e. The highest BCUT2D eigenvalue weighted by Gasteiger charge is 2.73. The summed E-state index contributed by atoms with van der Waals surface area (Å²) in [6, 6.07) is 0. The molecule has 0 aromatic heterocycles. The third-order valence-electron chi connectivity index (χ3n) is 13.0. The van der Waals surface area contributed by atoms with Gasteiger partial charge in [-0.1, -0.05) is 34.6 Å². The first-order chi connectivity index (χ1) is 15.5. The summed E-state index contributed by atoms with van der Waals surface area (Å²) in [6.45, 7) is 18.4. The van der Waals surface area contributed by atoms with Crippen LogP contribution in [0.1, 0.15) is 113 Å². The van der Waals surface area contributed by atoms with Gasteiger partial charge in [0.15, 0.2) is 0 Å². The van der Waals surface area contributed by atoms with Gasteiger partial charge in [-0.05, 0) is 124 Å². The van der Waals surface area contributed by atoms with E-state index in [2.05, 4.69) is 55.4 Å². The third kappa shape index (κ3) is 3.16. The summed E-state index contributed by atoms with van der Waals surface area (Å²) in [6.07, 6.45) is 7.79. The molecule has 5 aliphatic rings. The second kappa shape index (κ2) is 7.45. The smallest absolute Gasteiger partial charge is 0.0693 e. The Morgan fingerprint density at radius 3 is 2.06 bits per heavy atom. The van der Waals surface area contributed by atoms with Gasteiger partial charge in [-0.2, -0.15) is 0 Å². The Morgan fingerprint density at radius 1 is 0.735 bits per heavy atom. The maximum atomic E-state index is 11.9. The van der Waals surface area contributed by atoms with Gasteiger partial charge in [-0.15, -0.1) is 0 Å². The predicted octanol–water partition coefficient (Wildman–Crippen LogP) is 5.71. The van der Waals surface area contributed by atoms with Crippen LogP contribution in [0.25, 0.3) is 0 Å². The van der Waals surface area contributed by atoms with Crippen LogP contribution in [0.4, 0.5) is 0 Å². The van der Waals surface area contributed by atoms with Gasteiger partial charge in [-0.25, -0.2) is 0 Å². The van der Waals surface area contributed by atoms with Crippen molar-refractivity contribution in [3.8, 4) is 0 Å². The minimum atomic E-state index is -0.414. The van der Waals surface area contributed by atoms with Gasteiger partial charge >= 0.3 is 0 Å². The van der Waals surface area contributed by atoms with E-state index in [1.807, 2.05) is 0 Å². The Bertz CT molecular complexity index is 823. The lowest BCUT2D eigenvalue weighted by atomic mass is 9.34. The van der Waals surface area contributed by atoms with E-state index in [9.17, 15) is 15.3 Å². The summed E-state index contributed by atoms with van der Waals surface area (Å²) >= 11 is 0. The number of hydrogen-bond donors (Lipinski definition) is 3. The van der Waals surface area contributed by atoms with Crippen molar-refractivity contribution in [3.63, 3.8) is 0 Å². The summed E-state index contributed by atoms with van der Waals surface area (Å²) in [5, 5.41) is 34.6. The fourth-order valence-corrected chi connectivity index (χ4v) is 11.5. The second-order valence-corrected chi connectivity index (χ2v) is 15.5. The molecule has 3 N–H and O–H groups in total. The number of fused-ring (bicyclic) bond motifs is 5. The topological polar surface area (TPSA) is 69.9 Å². The van der Waals surface area contributed by atoms with Crippen LogP contribution in [0.3, 0.4) is 0 Å². The molecule has 0 spiro atoms. The summed E-state index contributed by atoms with van der Waals surface area (Å²) in [4.78, 5) is 0. The van der Waals surface area contributed by atoms with Crippen LogP contribution >= 0.6 is 0 Å². The SMILES string of the molecule is CC1(C)CCC[C@](C)(C2CC[C@]3(C)C2C(O)CC2[C@@]4(C)CCC(O)C(C)(C)C4C(O)C[C@]23C)O1. The van der Waals surface area contributed by atoms with E-state index in [1.165, 1.54) is 6.42 Å². The minimum Gasteiger partial charge on any atom is -0.393 e. The molecule has 4 saturated carbocycles. The van der Waals surface area contributed by atoms with Crippen molar-refractivity contribution in [2.24, 2.45) is 45.3 Å². The fraction of sp³-hybridized carbons (Fsp3) is 1.00. The van der Waals surface area contributed by atoms with Crippen molar-refractivity contribution in [1.29, 1.82) is 0 Å². The fourth-order valence-electron chi connectivity index (χ4n) is 11.5. The number of hydrogen-bond acceptors (Lipinski definition) is 4. The lowest BCUT2D eigenvalue weighted by Gasteiger charge is -2.71. The van der Waals surface area contributed by atoms with Crippen molar-refractivity contribution in [1.82, 2.24) is 0 Å². The highest BCUT2D eigenvalue weighted by Crippen LogP contribution is 2.76. The number of rotatable bonds is 1. The zero-order chi connectivity index (χ0) is 25.1. The molecule has 4 heteroatoms. The lowest BCUT2D eigenvalue weighted by Crippen LogP contribution is -2.70. The molecule has 0 bridgehead atoms. The Morgan fingerprint density at radius 2 is 1.41 bits per heavy atom. The molecule has 11 atom stereocenters. The van der Waals surface area contributed by atoms with E-state index in [0.29, 0.717) is 11.8 Å². The first kappa shape index (κ1) is 25.5. The Kier molecular flexibility index (Phi) is 5.59. The van der Waals surface area contributed by atoms with Crippen LogP contribution in [0.2, 0.25) is 0 Å². The Balaban J connectivity index is 1.54. The average molecular weight is 477 g/mol. The van der Waals surface area contributed by atoms with Gasteiger partial charge < -0.3 is 20.1 Å². The molecule has 5 fully saturated rings. The zero-order valence-electron chi connectivity index (χ0n) is 23.2. The standard InChI is InChI=1S/C30H52O4/c1-25(2)12-9-13-30(8,34-25)18-10-15-28(6)23(18)19(31)16-21-27(5)14-11-22(33)26(3,4)24(27)20(32)17-29(21,28)7/h18-24,31-33H,9-17H2,1-8H3/t18?,19?,20?,21?,22?,23?,24?,27-,28-,29-,30-/m1/s1. The van der Waals surface area contributed by atoms with Crippen LogP contribution in [0.15, 0.2) is 0 Å². The van der Waals surface area contributed by atoms with Gasteiger partial charge in [0.1, 0.15) is 0 Å². The van der Waals surface area contributed by atoms with Crippen molar-refractivity contribution >= 4 is 0 Å². The predicted molar refractivity (Wildman–Crippen MR) is 135 cm³/mol. The van der Waals surface area contributed by atoms with Gasteiger partial charge in [-0.3, -0.25) is 0 Å². The molecule has 0 aromatic rings. The molecular formula is C30H52O4. The minimum absolute atomic E-state index is 0.0247. The maximum absolute atomic E-state index is 11.9. The van der Waals surface area contributed by atoms with Crippen molar-refractivity contribution < 1.29 is 20.1 Å². The van der Waals surface area contributed by atoms with E-state index in [1.54, 1.807) is 0 Å². The van der Waals surface area contributed by atoms with Gasteiger partial charge in [0.2, 0.25) is 0 Å². The number of ether oxygens (including phenoxy) is 1. The van der Waals surface area contributed by atoms with E-state index >= 15 is 0 Å². The van der Waals surface area contributed by atoms with Crippen LogP contribution < -0.4 is 0 Å². The first-order valence-corrected chi connectivity index (χ1v) is 14.3. The van der Waals surface area contributed by atoms with E-state index < -0.39 is 6.10 Å². The van der Waals surface area contributed by atoms with Crippen LogP contribution in [0, 0.1) is 45.3 Å². The molecule has 4 nitrogen and oxygen atoms in total. The molecule has 34 heavy (non-hydrogen) atoms. The first-order valence-electron chi connectivity index (χ1n) is 14.3. The van der Waals surface area contributed by atoms with Gasteiger partial charge in [0, 0.05) is 0 Å². The third-order valence-corrected chi connectivity index (χ3v) is 13.0. The van der Waals surface area contributed by atoms with Crippen molar-refractivity contribution in [2.75, 3.05) is 0 Å². The zero-order valence-corrected chi connectivity index (χ0v) is 23.2. The second-order valence-electron chi connectivity index (χ2n) is 15.5. The Labute approximate surface area is 208 Å². The van der Waals surface area contributed by atoms with E-state index in [-0.39, 0.29) is 56.9 Å². The normalized spacial score (nSPS) is 58.5. The van der Waals surface area contributed by atoms with Crippen LogP contribution in [-0.2, 0) is 4.74 Å². The van der Waals surface area contributed by atoms with Crippen LogP contribution in [0.5, 0.6) is 0 Å². The molecule has 196 valence electrons.